The van der Waals surface area contributed by atoms with Gasteiger partial charge in [-0.1, -0.05) is 36.4 Å². The molecule has 0 N–H and O–H groups in total. The first-order valence-electron chi connectivity index (χ1n) is 9.16. The topological polar surface area (TPSA) is 69.7 Å². The van der Waals surface area contributed by atoms with Crippen LogP contribution in [-0.4, -0.2) is 31.4 Å². The second-order valence-electron chi connectivity index (χ2n) is 6.77. The molecule has 0 bridgehead atoms. The van der Waals surface area contributed by atoms with Gasteiger partial charge in [-0.25, -0.2) is 9.59 Å². The normalized spacial score (nSPS) is 11.3. The monoisotopic (exact) mass is 386 g/mol. The van der Waals surface area contributed by atoms with Crippen LogP contribution in [0.5, 0.6) is 0 Å². The van der Waals surface area contributed by atoms with E-state index in [-0.39, 0.29) is 18.0 Å². The summed E-state index contributed by atoms with van der Waals surface area (Å²) in [5.74, 6) is -1.38. The zero-order chi connectivity index (χ0) is 20.4. The molecule has 0 radical (unpaired) electrons. The Hall–Kier alpha value is -3.73. The highest BCUT2D eigenvalue weighted by Crippen LogP contribution is 2.36. The van der Waals surface area contributed by atoms with E-state index in [9.17, 15) is 14.4 Å². The fourth-order valence-electron chi connectivity index (χ4n) is 3.46. The van der Waals surface area contributed by atoms with E-state index in [1.807, 2.05) is 30.3 Å². The molecule has 0 heterocycles. The Morgan fingerprint density at radius 2 is 1.38 bits per heavy atom. The van der Waals surface area contributed by atoms with Crippen molar-refractivity contribution < 1.29 is 23.9 Å². The smallest absolute Gasteiger partial charge is 0.338 e. The van der Waals surface area contributed by atoms with Crippen molar-refractivity contribution in [1.29, 1.82) is 0 Å². The average molecular weight is 386 g/mol. The van der Waals surface area contributed by atoms with E-state index in [1.165, 1.54) is 42.5 Å². The van der Waals surface area contributed by atoms with Crippen LogP contribution >= 0.6 is 0 Å². The van der Waals surface area contributed by atoms with Crippen molar-refractivity contribution in [2.75, 3.05) is 13.7 Å². The fraction of sp³-hybridized carbons (Fsp3) is 0.125. The van der Waals surface area contributed by atoms with Crippen molar-refractivity contribution in [2.24, 2.45) is 0 Å². The highest BCUT2D eigenvalue weighted by atomic mass is 16.5. The second kappa shape index (κ2) is 7.72. The summed E-state index contributed by atoms with van der Waals surface area (Å²) in [7, 11) is 1.29. The predicted octanol–water partition coefficient (Wildman–Crippen LogP) is 4.08. The van der Waals surface area contributed by atoms with E-state index in [4.69, 9.17) is 4.74 Å². The number of Topliss-reactive ketones (excluding diaryl/α,β-unsaturated/α-hetero) is 1. The van der Waals surface area contributed by atoms with Crippen LogP contribution in [0.3, 0.4) is 0 Å². The molecule has 3 aromatic rings. The molecule has 0 fully saturated rings. The first-order valence-corrected chi connectivity index (χ1v) is 9.16. The number of ether oxygens (including phenoxy) is 2. The lowest BCUT2D eigenvalue weighted by Crippen LogP contribution is -2.14. The molecular weight excluding hydrogens is 368 g/mol. The molecule has 0 amide bonds. The maximum Gasteiger partial charge on any atom is 0.338 e. The molecule has 4 rings (SSSR count). The standard InChI is InChI=1S/C24H18O5/c1-28-23(26)15-6-8-16(9-7-15)24(27)29-14-22(25)19-11-10-18-12-17-4-2-3-5-20(17)21(18)13-19/h2-11,13H,12,14H2,1H3. The first kappa shape index (κ1) is 18.6. The minimum Gasteiger partial charge on any atom is -0.465 e. The fourth-order valence-corrected chi connectivity index (χ4v) is 3.46. The lowest BCUT2D eigenvalue weighted by Gasteiger charge is -2.07. The van der Waals surface area contributed by atoms with Crippen LogP contribution in [0.15, 0.2) is 66.7 Å². The summed E-state index contributed by atoms with van der Waals surface area (Å²) in [5.41, 5.74) is 5.72. The van der Waals surface area contributed by atoms with Gasteiger partial charge in [0, 0.05) is 5.56 Å². The van der Waals surface area contributed by atoms with Gasteiger partial charge in [0.25, 0.3) is 0 Å². The Labute approximate surface area is 167 Å². The van der Waals surface area contributed by atoms with E-state index in [0.29, 0.717) is 11.1 Å². The Morgan fingerprint density at radius 1 is 0.759 bits per heavy atom. The van der Waals surface area contributed by atoms with Gasteiger partial charge in [0.1, 0.15) is 0 Å². The number of ketones is 1. The van der Waals surface area contributed by atoms with E-state index in [0.717, 1.165) is 17.5 Å². The number of benzene rings is 3. The SMILES string of the molecule is COC(=O)c1ccc(C(=O)OCC(=O)c2ccc3c(c2)-c2ccccc2C3)cc1. The lowest BCUT2D eigenvalue weighted by molar-refractivity contribution is 0.0474. The molecule has 0 aromatic heterocycles. The van der Waals surface area contributed by atoms with Crippen molar-refractivity contribution in [3.8, 4) is 11.1 Å². The molecule has 5 heteroatoms. The zero-order valence-electron chi connectivity index (χ0n) is 15.8. The molecule has 1 aliphatic rings. The molecule has 0 aliphatic heterocycles. The van der Waals surface area contributed by atoms with E-state index in [2.05, 4.69) is 10.8 Å². The molecule has 0 unspecified atom stereocenters. The number of carbonyl (C=O) groups excluding carboxylic acids is 3. The Morgan fingerprint density at radius 3 is 2.10 bits per heavy atom. The number of esters is 2. The van der Waals surface area contributed by atoms with Gasteiger partial charge >= 0.3 is 11.9 Å². The average Bonchev–Trinajstić information content (AvgIpc) is 3.14. The van der Waals surface area contributed by atoms with Gasteiger partial charge in [0.15, 0.2) is 12.4 Å². The molecule has 29 heavy (non-hydrogen) atoms. The van der Waals surface area contributed by atoms with Crippen molar-refractivity contribution in [1.82, 2.24) is 0 Å². The van der Waals surface area contributed by atoms with E-state index in [1.54, 1.807) is 6.07 Å². The highest BCUT2D eigenvalue weighted by Gasteiger charge is 2.20. The summed E-state index contributed by atoms with van der Waals surface area (Å²) in [6.07, 6.45) is 0.858. The van der Waals surface area contributed by atoms with Gasteiger partial charge in [0.05, 0.1) is 18.2 Å². The van der Waals surface area contributed by atoms with Gasteiger partial charge in [-0.05, 0) is 59.0 Å². The van der Waals surface area contributed by atoms with Crippen LogP contribution in [-0.2, 0) is 15.9 Å². The molecular formula is C24H18O5. The minimum absolute atomic E-state index is 0.258. The van der Waals surface area contributed by atoms with Gasteiger partial charge < -0.3 is 9.47 Å². The Balaban J connectivity index is 1.43. The summed E-state index contributed by atoms with van der Waals surface area (Å²) in [4.78, 5) is 36.2. The molecule has 0 spiro atoms. The van der Waals surface area contributed by atoms with Crippen LogP contribution in [0.2, 0.25) is 0 Å². The molecule has 0 saturated heterocycles. The highest BCUT2D eigenvalue weighted by molar-refractivity contribution is 6.01. The third-order valence-electron chi connectivity index (χ3n) is 5.00. The number of methoxy groups -OCH3 is 1. The number of fused-ring (bicyclic) bond motifs is 3. The third-order valence-corrected chi connectivity index (χ3v) is 5.00. The van der Waals surface area contributed by atoms with Gasteiger partial charge in [-0.2, -0.15) is 0 Å². The largest absolute Gasteiger partial charge is 0.465 e. The van der Waals surface area contributed by atoms with Crippen LogP contribution < -0.4 is 0 Å². The number of hydrogen-bond donors (Lipinski definition) is 0. The molecule has 1 aliphatic carbocycles. The second-order valence-corrected chi connectivity index (χ2v) is 6.77. The minimum atomic E-state index is -0.624. The van der Waals surface area contributed by atoms with Crippen LogP contribution in [0.4, 0.5) is 0 Å². The van der Waals surface area contributed by atoms with Crippen molar-refractivity contribution in [3.05, 3.63) is 94.5 Å². The number of carbonyl (C=O) groups is 3. The lowest BCUT2D eigenvalue weighted by atomic mass is 10.0. The first-order chi connectivity index (χ1) is 14.1. The quantitative estimate of drug-likeness (QED) is 0.382. The van der Waals surface area contributed by atoms with Gasteiger partial charge in [0.2, 0.25) is 0 Å². The summed E-state index contributed by atoms with van der Waals surface area (Å²) < 4.78 is 9.77. The van der Waals surface area contributed by atoms with Crippen LogP contribution in [0, 0.1) is 0 Å². The Bertz CT molecular complexity index is 1110. The van der Waals surface area contributed by atoms with Crippen molar-refractivity contribution in [2.45, 2.75) is 6.42 Å². The Kier molecular flexibility index (Phi) is 4.96. The van der Waals surface area contributed by atoms with Crippen LogP contribution in [0.25, 0.3) is 11.1 Å². The third kappa shape index (κ3) is 3.67. The van der Waals surface area contributed by atoms with E-state index < -0.39 is 11.9 Å². The maximum absolute atomic E-state index is 12.5. The van der Waals surface area contributed by atoms with Gasteiger partial charge in [-0.15, -0.1) is 0 Å². The van der Waals surface area contributed by atoms with Crippen LogP contribution in [0.1, 0.15) is 42.2 Å². The summed E-state index contributed by atoms with van der Waals surface area (Å²) in [6, 6.07) is 19.6. The van der Waals surface area contributed by atoms with Crippen molar-refractivity contribution in [3.63, 3.8) is 0 Å². The predicted molar refractivity (Wildman–Crippen MR) is 107 cm³/mol. The molecule has 5 nitrogen and oxygen atoms in total. The number of rotatable bonds is 5. The summed E-state index contributed by atoms with van der Waals surface area (Å²) >= 11 is 0. The molecule has 0 saturated carbocycles. The molecule has 0 atom stereocenters. The maximum atomic E-state index is 12.5. The molecule has 144 valence electrons. The summed E-state index contributed by atoms with van der Waals surface area (Å²) in [5, 5.41) is 0. The number of hydrogen-bond acceptors (Lipinski definition) is 5. The zero-order valence-corrected chi connectivity index (χ0v) is 15.8. The van der Waals surface area contributed by atoms with Crippen molar-refractivity contribution >= 4 is 17.7 Å². The molecule has 3 aromatic carbocycles. The summed E-state index contributed by atoms with van der Waals surface area (Å²) in [6.45, 7) is -0.349. The van der Waals surface area contributed by atoms with E-state index >= 15 is 0 Å². The van der Waals surface area contributed by atoms with Gasteiger partial charge in [-0.3, -0.25) is 4.79 Å².